The minimum absolute atomic E-state index is 1.17. The van der Waals surface area contributed by atoms with Crippen LogP contribution in [0, 0.1) is 0 Å². The Kier molecular flexibility index (Phi) is 4.89. The lowest BCUT2D eigenvalue weighted by Crippen LogP contribution is -1.93. The fraction of sp³-hybridized carbons (Fsp3) is 0. The van der Waals surface area contributed by atoms with E-state index in [9.17, 15) is 0 Å². The zero-order valence-electron chi connectivity index (χ0n) is 21.4. The molecular formula is C38H25N. The number of hydrogen-bond donors (Lipinski definition) is 0. The van der Waals surface area contributed by atoms with Crippen molar-refractivity contribution in [3.05, 3.63) is 152 Å². The average Bonchev–Trinajstić information content (AvgIpc) is 3.46. The molecule has 0 aliphatic carbocycles. The first-order valence-corrected chi connectivity index (χ1v) is 13.4. The first kappa shape index (κ1) is 21.9. The highest BCUT2D eigenvalue weighted by molar-refractivity contribution is 6.25. The van der Waals surface area contributed by atoms with Gasteiger partial charge in [-0.2, -0.15) is 0 Å². The van der Waals surface area contributed by atoms with Crippen LogP contribution in [0.4, 0.5) is 0 Å². The summed E-state index contributed by atoms with van der Waals surface area (Å²) in [6.07, 6.45) is 2.17. The Hall–Kier alpha value is -5.14. The fourth-order valence-electron chi connectivity index (χ4n) is 6.16. The van der Waals surface area contributed by atoms with Gasteiger partial charge in [0.05, 0.1) is 5.52 Å². The second kappa shape index (κ2) is 8.72. The first-order valence-electron chi connectivity index (χ1n) is 13.4. The van der Waals surface area contributed by atoms with Gasteiger partial charge in [0.15, 0.2) is 0 Å². The van der Waals surface area contributed by atoms with E-state index in [4.69, 9.17) is 0 Å². The van der Waals surface area contributed by atoms with E-state index in [1.165, 1.54) is 71.2 Å². The van der Waals surface area contributed by atoms with Crippen LogP contribution in [0.25, 0.3) is 71.2 Å². The van der Waals surface area contributed by atoms with Gasteiger partial charge in [-0.3, -0.25) is 0 Å². The molecule has 39 heavy (non-hydrogen) atoms. The highest BCUT2D eigenvalue weighted by Crippen LogP contribution is 2.38. The van der Waals surface area contributed by atoms with Crippen molar-refractivity contribution in [3.8, 4) is 27.9 Å². The van der Waals surface area contributed by atoms with Crippen LogP contribution in [0.5, 0.6) is 0 Å². The Morgan fingerprint density at radius 3 is 1.62 bits per heavy atom. The predicted molar refractivity (Wildman–Crippen MR) is 167 cm³/mol. The van der Waals surface area contributed by atoms with Crippen molar-refractivity contribution in [2.75, 3.05) is 0 Å². The lowest BCUT2D eigenvalue weighted by Gasteiger charge is -2.13. The Morgan fingerprint density at radius 1 is 0.359 bits per heavy atom. The van der Waals surface area contributed by atoms with E-state index in [2.05, 4.69) is 156 Å². The average molecular weight is 496 g/mol. The molecule has 1 aromatic heterocycles. The van der Waals surface area contributed by atoms with Crippen LogP contribution in [0.1, 0.15) is 0 Å². The predicted octanol–water partition coefficient (Wildman–Crippen LogP) is 10.4. The van der Waals surface area contributed by atoms with Gasteiger partial charge < -0.3 is 4.57 Å². The topological polar surface area (TPSA) is 4.93 Å². The second-order valence-electron chi connectivity index (χ2n) is 10.2. The maximum atomic E-state index is 2.36. The van der Waals surface area contributed by atoms with Crippen molar-refractivity contribution in [3.63, 3.8) is 0 Å². The standard InChI is InChI=1S/C38H25N/c1-2-10-30(11-3-1)39-24-23-28-9-8-16-31(38(28)39)27-19-17-26(18-20-27)29-21-22-36-34-14-5-4-12-32(34)33-13-6-7-15-35(33)37(36)25-29/h1-25H. The molecule has 1 heteroatoms. The van der Waals surface area contributed by atoms with E-state index in [1.807, 2.05) is 0 Å². The van der Waals surface area contributed by atoms with Crippen LogP contribution in [0.3, 0.4) is 0 Å². The molecular weight excluding hydrogens is 470 g/mol. The van der Waals surface area contributed by atoms with Crippen LogP contribution < -0.4 is 0 Å². The zero-order valence-corrected chi connectivity index (χ0v) is 21.4. The summed E-state index contributed by atoms with van der Waals surface area (Å²) in [5.74, 6) is 0. The number of hydrogen-bond acceptors (Lipinski definition) is 0. The number of benzene rings is 7. The van der Waals surface area contributed by atoms with Gasteiger partial charge in [-0.15, -0.1) is 0 Å². The minimum atomic E-state index is 1.17. The number of nitrogens with zero attached hydrogens (tertiary/aromatic N) is 1. The Labute approximate surface area is 227 Å². The highest BCUT2D eigenvalue weighted by atomic mass is 15.0. The number of para-hydroxylation sites is 2. The van der Waals surface area contributed by atoms with Gasteiger partial charge in [-0.05, 0) is 73.3 Å². The quantitative estimate of drug-likeness (QED) is 0.215. The summed E-state index contributed by atoms with van der Waals surface area (Å²) in [6, 6.07) is 52.8. The number of rotatable bonds is 3. The van der Waals surface area contributed by atoms with Crippen LogP contribution in [0.15, 0.2) is 152 Å². The van der Waals surface area contributed by atoms with E-state index < -0.39 is 0 Å². The van der Waals surface area contributed by atoms with Crippen molar-refractivity contribution in [2.45, 2.75) is 0 Å². The summed E-state index contributed by atoms with van der Waals surface area (Å²) in [5.41, 5.74) is 7.33. The maximum absolute atomic E-state index is 2.36. The normalized spacial score (nSPS) is 11.6. The molecule has 0 aliphatic heterocycles. The Bertz CT molecular complexity index is 2110. The molecule has 7 aromatic carbocycles. The molecule has 0 unspecified atom stereocenters. The Balaban J connectivity index is 1.26. The lowest BCUT2D eigenvalue weighted by molar-refractivity contribution is 1.13. The second-order valence-corrected chi connectivity index (χ2v) is 10.2. The molecule has 1 heterocycles. The van der Waals surface area contributed by atoms with Gasteiger partial charge in [-0.1, -0.05) is 121 Å². The van der Waals surface area contributed by atoms with E-state index in [0.29, 0.717) is 0 Å². The van der Waals surface area contributed by atoms with Crippen molar-refractivity contribution < 1.29 is 0 Å². The first-order chi connectivity index (χ1) is 19.3. The van der Waals surface area contributed by atoms with Crippen molar-refractivity contribution >= 4 is 43.2 Å². The molecule has 182 valence electrons. The smallest absolute Gasteiger partial charge is 0.0606 e. The molecule has 8 rings (SSSR count). The molecule has 0 saturated heterocycles. The molecule has 0 amide bonds. The molecule has 0 radical (unpaired) electrons. The summed E-state index contributed by atoms with van der Waals surface area (Å²) < 4.78 is 2.29. The molecule has 8 aromatic rings. The molecule has 0 saturated carbocycles. The van der Waals surface area contributed by atoms with Crippen molar-refractivity contribution in [1.82, 2.24) is 4.57 Å². The third-order valence-corrected chi connectivity index (χ3v) is 8.02. The fourth-order valence-corrected chi connectivity index (χ4v) is 6.16. The zero-order chi connectivity index (χ0) is 25.8. The van der Waals surface area contributed by atoms with E-state index in [-0.39, 0.29) is 0 Å². The van der Waals surface area contributed by atoms with Crippen molar-refractivity contribution in [2.24, 2.45) is 0 Å². The molecule has 0 spiro atoms. The van der Waals surface area contributed by atoms with Gasteiger partial charge in [0.1, 0.15) is 0 Å². The van der Waals surface area contributed by atoms with E-state index in [0.717, 1.165) is 0 Å². The van der Waals surface area contributed by atoms with Crippen LogP contribution >= 0.6 is 0 Å². The molecule has 0 atom stereocenters. The Morgan fingerprint density at radius 2 is 0.923 bits per heavy atom. The van der Waals surface area contributed by atoms with Gasteiger partial charge in [0, 0.05) is 22.8 Å². The van der Waals surface area contributed by atoms with E-state index in [1.54, 1.807) is 0 Å². The molecule has 0 bridgehead atoms. The van der Waals surface area contributed by atoms with Gasteiger partial charge in [-0.25, -0.2) is 0 Å². The summed E-state index contributed by atoms with van der Waals surface area (Å²) >= 11 is 0. The van der Waals surface area contributed by atoms with Crippen LogP contribution in [-0.2, 0) is 0 Å². The van der Waals surface area contributed by atoms with Crippen molar-refractivity contribution in [1.29, 1.82) is 0 Å². The van der Waals surface area contributed by atoms with Gasteiger partial charge in [0.2, 0.25) is 0 Å². The monoisotopic (exact) mass is 495 g/mol. The third-order valence-electron chi connectivity index (χ3n) is 8.02. The lowest BCUT2D eigenvalue weighted by atomic mass is 9.91. The number of aromatic nitrogens is 1. The van der Waals surface area contributed by atoms with Crippen LogP contribution in [0.2, 0.25) is 0 Å². The largest absolute Gasteiger partial charge is 0.316 e. The third kappa shape index (κ3) is 3.48. The molecule has 0 N–H and O–H groups in total. The van der Waals surface area contributed by atoms with Gasteiger partial charge in [0.25, 0.3) is 0 Å². The maximum Gasteiger partial charge on any atom is 0.0606 e. The minimum Gasteiger partial charge on any atom is -0.316 e. The highest BCUT2D eigenvalue weighted by Gasteiger charge is 2.12. The SMILES string of the molecule is c1ccc(-n2ccc3cccc(-c4ccc(-c5ccc6c7ccccc7c7ccccc7c6c5)cc4)c32)cc1. The van der Waals surface area contributed by atoms with E-state index >= 15 is 0 Å². The molecule has 0 aliphatic rings. The number of fused-ring (bicyclic) bond motifs is 7. The molecule has 0 fully saturated rings. The summed E-state index contributed by atoms with van der Waals surface area (Å²) in [7, 11) is 0. The summed E-state index contributed by atoms with van der Waals surface area (Å²) in [5, 5.41) is 9.08. The summed E-state index contributed by atoms with van der Waals surface area (Å²) in [4.78, 5) is 0. The van der Waals surface area contributed by atoms with Crippen LogP contribution in [-0.4, -0.2) is 4.57 Å². The summed E-state index contributed by atoms with van der Waals surface area (Å²) in [6.45, 7) is 0. The molecule has 1 nitrogen and oxygen atoms in total. The van der Waals surface area contributed by atoms with Gasteiger partial charge >= 0.3 is 0 Å².